The number of benzene rings is 1. The minimum absolute atomic E-state index is 0.222. The lowest BCUT2D eigenvalue weighted by Gasteiger charge is -2.06. The van der Waals surface area contributed by atoms with Crippen molar-refractivity contribution in [1.82, 2.24) is 4.98 Å². The Morgan fingerprint density at radius 2 is 1.91 bits per heavy atom. The Morgan fingerprint density at radius 1 is 1.14 bits per heavy atom. The Kier molecular flexibility index (Phi) is 3.89. The third-order valence-corrected chi connectivity index (χ3v) is 4.22. The van der Waals surface area contributed by atoms with Crippen LogP contribution in [0.4, 0.5) is 5.69 Å². The average Bonchev–Trinajstić information content (AvgIpc) is 3.00. The topological polar surface area (TPSA) is 62.0 Å². The number of hydrogen-bond acceptors (Lipinski definition) is 3. The van der Waals surface area contributed by atoms with Gasteiger partial charge in [-0.2, -0.15) is 0 Å². The Bertz CT molecular complexity index is 863. The number of H-pyrrole nitrogens is 1. The summed E-state index contributed by atoms with van der Waals surface area (Å²) in [6.07, 6.45) is 3.01. The maximum absolute atomic E-state index is 12.4. The van der Waals surface area contributed by atoms with Gasteiger partial charge in [-0.3, -0.25) is 9.59 Å². The summed E-state index contributed by atoms with van der Waals surface area (Å²) in [5.41, 5.74) is 3.05. The third kappa shape index (κ3) is 2.84. The van der Waals surface area contributed by atoms with Crippen molar-refractivity contribution in [3.8, 4) is 11.1 Å². The van der Waals surface area contributed by atoms with Gasteiger partial charge in [0.05, 0.1) is 4.88 Å². The molecule has 0 spiro atoms. The lowest BCUT2D eigenvalue weighted by molar-refractivity contribution is 0.103. The summed E-state index contributed by atoms with van der Waals surface area (Å²) < 4.78 is 0. The van der Waals surface area contributed by atoms with E-state index in [-0.39, 0.29) is 17.0 Å². The molecule has 2 heterocycles. The number of nitrogens with one attached hydrogen (secondary N) is 2. The molecular weight excluding hydrogens is 296 g/mol. The van der Waals surface area contributed by atoms with Gasteiger partial charge in [-0.1, -0.05) is 29.8 Å². The van der Waals surface area contributed by atoms with E-state index in [9.17, 15) is 9.59 Å². The predicted octanol–water partition coefficient (Wildman–Crippen LogP) is 3.66. The molecule has 1 aromatic carbocycles. The number of pyridine rings is 1. The standard InChI is InChI=1S/C17H14N2O2S/c1-11-2-4-12(5-3-11)13-7-9-22-16(13)17(21)19-14-10-18-8-6-15(14)20/h2-10H,1H3,(H,18,20)(H,19,21). The van der Waals surface area contributed by atoms with Crippen molar-refractivity contribution in [3.05, 3.63) is 74.8 Å². The van der Waals surface area contributed by atoms with Crippen molar-refractivity contribution < 1.29 is 4.79 Å². The van der Waals surface area contributed by atoms with Crippen molar-refractivity contribution >= 4 is 22.9 Å². The molecule has 0 saturated carbocycles. The molecule has 3 rings (SSSR count). The van der Waals surface area contributed by atoms with E-state index in [4.69, 9.17) is 0 Å². The lowest BCUT2D eigenvalue weighted by atomic mass is 10.0. The second kappa shape index (κ2) is 5.99. The molecule has 2 aromatic heterocycles. The first-order valence-corrected chi connectivity index (χ1v) is 7.66. The van der Waals surface area contributed by atoms with Gasteiger partial charge in [0.1, 0.15) is 5.69 Å². The highest BCUT2D eigenvalue weighted by molar-refractivity contribution is 7.12. The number of amides is 1. The Balaban J connectivity index is 1.91. The second-order valence-electron chi connectivity index (χ2n) is 4.91. The zero-order valence-corrected chi connectivity index (χ0v) is 12.7. The lowest BCUT2D eigenvalue weighted by Crippen LogP contribution is -2.17. The molecule has 0 aliphatic rings. The first-order valence-electron chi connectivity index (χ1n) is 6.78. The molecule has 0 radical (unpaired) electrons. The van der Waals surface area contributed by atoms with E-state index >= 15 is 0 Å². The van der Waals surface area contributed by atoms with Crippen LogP contribution in [0.1, 0.15) is 15.2 Å². The van der Waals surface area contributed by atoms with Crippen molar-refractivity contribution in [1.29, 1.82) is 0 Å². The summed E-state index contributed by atoms with van der Waals surface area (Å²) in [6, 6.07) is 11.3. The van der Waals surface area contributed by atoms with Gasteiger partial charge in [-0.25, -0.2) is 0 Å². The summed E-state index contributed by atoms with van der Waals surface area (Å²) in [5, 5.41) is 4.54. The fourth-order valence-electron chi connectivity index (χ4n) is 2.14. The van der Waals surface area contributed by atoms with Crippen LogP contribution in [-0.4, -0.2) is 10.9 Å². The predicted molar refractivity (Wildman–Crippen MR) is 89.5 cm³/mol. The van der Waals surface area contributed by atoms with Crippen molar-refractivity contribution in [2.75, 3.05) is 5.32 Å². The van der Waals surface area contributed by atoms with Crippen LogP contribution in [0.25, 0.3) is 11.1 Å². The number of aromatic nitrogens is 1. The van der Waals surface area contributed by atoms with Gasteiger partial charge >= 0.3 is 0 Å². The van der Waals surface area contributed by atoms with Crippen LogP contribution in [0.3, 0.4) is 0 Å². The Labute approximate surface area is 131 Å². The van der Waals surface area contributed by atoms with Crippen LogP contribution in [-0.2, 0) is 0 Å². The van der Waals surface area contributed by atoms with Crippen LogP contribution in [0.15, 0.2) is 59.0 Å². The number of aromatic amines is 1. The zero-order valence-electron chi connectivity index (χ0n) is 11.9. The first-order chi connectivity index (χ1) is 10.6. The minimum atomic E-state index is -0.276. The molecule has 0 aliphatic heterocycles. The third-order valence-electron chi connectivity index (χ3n) is 3.31. The van der Waals surface area contributed by atoms with Crippen LogP contribution < -0.4 is 10.7 Å². The van der Waals surface area contributed by atoms with E-state index in [1.807, 2.05) is 42.6 Å². The number of anilines is 1. The van der Waals surface area contributed by atoms with E-state index in [2.05, 4.69) is 10.3 Å². The number of rotatable bonds is 3. The highest BCUT2D eigenvalue weighted by Gasteiger charge is 2.15. The highest BCUT2D eigenvalue weighted by atomic mass is 32.1. The second-order valence-corrected chi connectivity index (χ2v) is 5.82. The van der Waals surface area contributed by atoms with E-state index in [1.165, 1.54) is 35.4 Å². The summed E-state index contributed by atoms with van der Waals surface area (Å²) in [4.78, 5) is 27.5. The van der Waals surface area contributed by atoms with Crippen molar-refractivity contribution in [3.63, 3.8) is 0 Å². The van der Waals surface area contributed by atoms with E-state index in [0.717, 1.165) is 11.1 Å². The molecular formula is C17H14N2O2S. The molecule has 0 aliphatic carbocycles. The molecule has 1 amide bonds. The van der Waals surface area contributed by atoms with Gasteiger partial charge in [0, 0.05) is 24.0 Å². The average molecular weight is 310 g/mol. The van der Waals surface area contributed by atoms with E-state index in [1.54, 1.807) is 0 Å². The normalized spacial score (nSPS) is 10.4. The van der Waals surface area contributed by atoms with Gasteiger partial charge in [-0.15, -0.1) is 11.3 Å². The van der Waals surface area contributed by atoms with Gasteiger partial charge in [0.15, 0.2) is 0 Å². The zero-order chi connectivity index (χ0) is 15.5. The smallest absolute Gasteiger partial charge is 0.266 e. The summed E-state index contributed by atoms with van der Waals surface area (Å²) >= 11 is 1.36. The molecule has 4 nitrogen and oxygen atoms in total. The molecule has 0 bridgehead atoms. The van der Waals surface area contributed by atoms with Gasteiger partial charge in [0.2, 0.25) is 5.43 Å². The van der Waals surface area contributed by atoms with Crippen molar-refractivity contribution in [2.45, 2.75) is 6.92 Å². The quantitative estimate of drug-likeness (QED) is 0.775. The number of carbonyl (C=O) groups is 1. The van der Waals surface area contributed by atoms with E-state index < -0.39 is 0 Å². The van der Waals surface area contributed by atoms with Gasteiger partial charge in [0.25, 0.3) is 5.91 Å². The van der Waals surface area contributed by atoms with Gasteiger partial charge < -0.3 is 10.3 Å². The summed E-state index contributed by atoms with van der Waals surface area (Å²) in [7, 11) is 0. The monoisotopic (exact) mass is 310 g/mol. The molecule has 2 N–H and O–H groups in total. The summed E-state index contributed by atoms with van der Waals surface area (Å²) in [6.45, 7) is 2.02. The summed E-state index contributed by atoms with van der Waals surface area (Å²) in [5.74, 6) is -0.276. The molecule has 3 aromatic rings. The first kappa shape index (κ1) is 14.3. The van der Waals surface area contributed by atoms with Crippen LogP contribution >= 0.6 is 11.3 Å². The minimum Gasteiger partial charge on any atom is -0.366 e. The number of thiophene rings is 1. The number of carbonyl (C=O) groups excluding carboxylic acids is 1. The maximum Gasteiger partial charge on any atom is 0.266 e. The van der Waals surface area contributed by atoms with Crippen LogP contribution in [0.2, 0.25) is 0 Å². The molecule has 110 valence electrons. The SMILES string of the molecule is Cc1ccc(-c2ccsc2C(=O)Nc2c[nH]ccc2=O)cc1. The molecule has 0 atom stereocenters. The Morgan fingerprint density at radius 3 is 2.64 bits per heavy atom. The fourth-order valence-corrected chi connectivity index (χ4v) is 2.95. The van der Waals surface area contributed by atoms with Crippen molar-refractivity contribution in [2.24, 2.45) is 0 Å². The highest BCUT2D eigenvalue weighted by Crippen LogP contribution is 2.29. The maximum atomic E-state index is 12.4. The number of hydrogen-bond donors (Lipinski definition) is 2. The molecule has 22 heavy (non-hydrogen) atoms. The van der Waals surface area contributed by atoms with Crippen LogP contribution in [0, 0.1) is 6.92 Å². The molecule has 0 saturated heterocycles. The van der Waals surface area contributed by atoms with E-state index in [0.29, 0.717) is 4.88 Å². The Hall–Kier alpha value is -2.66. The van der Waals surface area contributed by atoms with Gasteiger partial charge in [-0.05, 0) is 23.9 Å². The number of aryl methyl sites for hydroxylation is 1. The molecule has 0 fully saturated rings. The van der Waals surface area contributed by atoms with Crippen LogP contribution in [0.5, 0.6) is 0 Å². The largest absolute Gasteiger partial charge is 0.366 e. The molecule has 5 heteroatoms. The fraction of sp³-hybridized carbons (Fsp3) is 0.0588. The molecule has 0 unspecified atom stereocenters.